The molecule has 0 aliphatic rings. The first-order valence-corrected chi connectivity index (χ1v) is 5.78. The standard InChI is InChI=1S/C11H24N2O4/c1-9(11(15)13-6-7-16-2)12-5-4-10(14)8-17-3/h9-10,12,14H,4-8H2,1-3H3,(H,13,15). The average molecular weight is 248 g/mol. The summed E-state index contributed by atoms with van der Waals surface area (Å²) in [7, 11) is 3.13. The lowest BCUT2D eigenvalue weighted by Crippen LogP contribution is -2.44. The Bertz CT molecular complexity index is 202. The van der Waals surface area contributed by atoms with E-state index < -0.39 is 6.10 Å². The fourth-order valence-corrected chi connectivity index (χ4v) is 1.26. The predicted molar refractivity (Wildman–Crippen MR) is 64.9 cm³/mol. The summed E-state index contributed by atoms with van der Waals surface area (Å²) < 4.78 is 9.63. The molecule has 0 aliphatic heterocycles. The second-order valence-corrected chi connectivity index (χ2v) is 3.86. The van der Waals surface area contributed by atoms with Crippen molar-refractivity contribution in [2.45, 2.75) is 25.5 Å². The molecule has 2 atom stereocenters. The minimum Gasteiger partial charge on any atom is -0.391 e. The van der Waals surface area contributed by atoms with Gasteiger partial charge in [-0.15, -0.1) is 0 Å². The van der Waals surface area contributed by atoms with E-state index in [2.05, 4.69) is 10.6 Å². The highest BCUT2D eigenvalue weighted by Crippen LogP contribution is 1.91. The number of amides is 1. The predicted octanol–water partition coefficient (Wildman–Crippen LogP) is -0.875. The summed E-state index contributed by atoms with van der Waals surface area (Å²) in [6.07, 6.45) is 0.0695. The van der Waals surface area contributed by atoms with Crippen LogP contribution in [-0.2, 0) is 14.3 Å². The molecule has 0 saturated heterocycles. The van der Waals surface area contributed by atoms with Crippen molar-refractivity contribution in [2.75, 3.05) is 40.5 Å². The van der Waals surface area contributed by atoms with Gasteiger partial charge in [0.05, 0.1) is 25.4 Å². The fourth-order valence-electron chi connectivity index (χ4n) is 1.26. The van der Waals surface area contributed by atoms with Crippen LogP contribution in [0.1, 0.15) is 13.3 Å². The topological polar surface area (TPSA) is 79.8 Å². The molecule has 2 unspecified atom stereocenters. The van der Waals surface area contributed by atoms with Crippen molar-refractivity contribution >= 4 is 5.91 Å². The van der Waals surface area contributed by atoms with E-state index in [-0.39, 0.29) is 11.9 Å². The normalized spacial score (nSPS) is 14.4. The zero-order valence-corrected chi connectivity index (χ0v) is 10.9. The third-order valence-electron chi connectivity index (χ3n) is 2.29. The number of aliphatic hydroxyl groups is 1. The molecule has 0 bridgehead atoms. The Balaban J connectivity index is 3.56. The van der Waals surface area contributed by atoms with Crippen molar-refractivity contribution in [3.8, 4) is 0 Å². The molecule has 0 saturated carbocycles. The first-order valence-electron chi connectivity index (χ1n) is 5.78. The van der Waals surface area contributed by atoms with Crippen molar-refractivity contribution in [2.24, 2.45) is 0 Å². The lowest BCUT2D eigenvalue weighted by atomic mass is 10.2. The van der Waals surface area contributed by atoms with Crippen molar-refractivity contribution < 1.29 is 19.4 Å². The van der Waals surface area contributed by atoms with Crippen LogP contribution in [0.25, 0.3) is 0 Å². The Morgan fingerprint density at radius 3 is 2.59 bits per heavy atom. The Kier molecular flexibility index (Phi) is 10.0. The number of ether oxygens (including phenoxy) is 2. The molecule has 1 amide bonds. The highest BCUT2D eigenvalue weighted by Gasteiger charge is 2.11. The minimum absolute atomic E-state index is 0.0664. The van der Waals surface area contributed by atoms with Gasteiger partial charge >= 0.3 is 0 Å². The number of carbonyl (C=O) groups excluding carboxylic acids is 1. The summed E-state index contributed by atoms with van der Waals surface area (Å²) in [6, 6.07) is -0.276. The summed E-state index contributed by atoms with van der Waals surface area (Å²) in [5.41, 5.74) is 0. The van der Waals surface area contributed by atoms with Crippen LogP contribution in [0.4, 0.5) is 0 Å². The third kappa shape index (κ3) is 9.05. The van der Waals surface area contributed by atoms with Gasteiger partial charge in [-0.25, -0.2) is 0 Å². The van der Waals surface area contributed by atoms with Gasteiger partial charge in [0.25, 0.3) is 0 Å². The summed E-state index contributed by atoms with van der Waals surface area (Å²) in [5.74, 6) is -0.0664. The molecule has 0 fully saturated rings. The Morgan fingerprint density at radius 2 is 2.00 bits per heavy atom. The quantitative estimate of drug-likeness (QED) is 0.438. The van der Waals surface area contributed by atoms with Crippen LogP contribution in [0, 0.1) is 0 Å². The number of hydrogen-bond donors (Lipinski definition) is 3. The molecule has 0 aromatic heterocycles. The van der Waals surface area contributed by atoms with Crippen molar-refractivity contribution in [1.29, 1.82) is 0 Å². The summed E-state index contributed by atoms with van der Waals surface area (Å²) in [5, 5.41) is 15.2. The van der Waals surface area contributed by atoms with E-state index in [1.54, 1.807) is 21.1 Å². The number of methoxy groups -OCH3 is 2. The van der Waals surface area contributed by atoms with E-state index in [9.17, 15) is 9.90 Å². The highest BCUT2D eigenvalue weighted by molar-refractivity contribution is 5.81. The number of nitrogens with one attached hydrogen (secondary N) is 2. The molecule has 6 nitrogen and oxygen atoms in total. The molecule has 102 valence electrons. The molecule has 3 N–H and O–H groups in total. The molecule has 0 aromatic carbocycles. The van der Waals surface area contributed by atoms with Gasteiger partial charge in [0, 0.05) is 20.8 Å². The first-order chi connectivity index (χ1) is 8.11. The molecular weight excluding hydrogens is 224 g/mol. The lowest BCUT2D eigenvalue weighted by Gasteiger charge is -2.15. The van der Waals surface area contributed by atoms with E-state index >= 15 is 0 Å². The van der Waals surface area contributed by atoms with Crippen LogP contribution in [0.15, 0.2) is 0 Å². The number of aliphatic hydroxyl groups excluding tert-OH is 1. The van der Waals surface area contributed by atoms with Gasteiger partial charge in [-0.3, -0.25) is 4.79 Å². The summed E-state index contributed by atoms with van der Waals surface area (Å²) >= 11 is 0. The molecule has 0 heterocycles. The molecular formula is C11H24N2O4. The van der Waals surface area contributed by atoms with Crippen molar-refractivity contribution in [1.82, 2.24) is 10.6 Å². The monoisotopic (exact) mass is 248 g/mol. The van der Waals surface area contributed by atoms with E-state index in [4.69, 9.17) is 9.47 Å². The van der Waals surface area contributed by atoms with E-state index in [0.29, 0.717) is 32.7 Å². The van der Waals surface area contributed by atoms with Gasteiger partial charge in [-0.2, -0.15) is 0 Å². The third-order valence-corrected chi connectivity index (χ3v) is 2.29. The zero-order valence-electron chi connectivity index (χ0n) is 10.9. The maximum atomic E-state index is 11.5. The van der Waals surface area contributed by atoms with Crippen molar-refractivity contribution in [3.63, 3.8) is 0 Å². The fraction of sp³-hybridized carbons (Fsp3) is 0.909. The Labute approximate surface area is 103 Å². The summed E-state index contributed by atoms with van der Waals surface area (Å²) in [6.45, 7) is 3.68. The second-order valence-electron chi connectivity index (χ2n) is 3.86. The first kappa shape index (κ1) is 16.3. The average Bonchev–Trinajstić information content (AvgIpc) is 2.29. The van der Waals surface area contributed by atoms with Crippen LogP contribution in [0.5, 0.6) is 0 Å². The molecule has 0 aliphatic carbocycles. The van der Waals surface area contributed by atoms with Crippen LogP contribution in [-0.4, -0.2) is 63.7 Å². The van der Waals surface area contributed by atoms with Gasteiger partial charge in [-0.05, 0) is 19.9 Å². The molecule has 0 spiro atoms. The molecule has 0 rings (SSSR count). The van der Waals surface area contributed by atoms with Crippen LogP contribution >= 0.6 is 0 Å². The van der Waals surface area contributed by atoms with Gasteiger partial charge in [0.15, 0.2) is 0 Å². The van der Waals surface area contributed by atoms with Crippen LogP contribution in [0.2, 0.25) is 0 Å². The van der Waals surface area contributed by atoms with Crippen LogP contribution < -0.4 is 10.6 Å². The van der Waals surface area contributed by atoms with E-state index in [1.807, 2.05) is 0 Å². The number of hydrogen-bond acceptors (Lipinski definition) is 5. The largest absolute Gasteiger partial charge is 0.391 e. The van der Waals surface area contributed by atoms with Crippen LogP contribution in [0.3, 0.4) is 0 Å². The molecule has 17 heavy (non-hydrogen) atoms. The van der Waals surface area contributed by atoms with Gasteiger partial charge in [-0.1, -0.05) is 0 Å². The van der Waals surface area contributed by atoms with E-state index in [0.717, 1.165) is 0 Å². The Morgan fingerprint density at radius 1 is 1.29 bits per heavy atom. The Hall–Kier alpha value is -0.690. The molecule has 6 heteroatoms. The summed E-state index contributed by atoms with van der Waals surface area (Å²) in [4.78, 5) is 11.5. The van der Waals surface area contributed by atoms with Gasteiger partial charge < -0.3 is 25.2 Å². The maximum Gasteiger partial charge on any atom is 0.236 e. The molecule has 0 radical (unpaired) electrons. The number of carbonyl (C=O) groups is 1. The lowest BCUT2D eigenvalue weighted by molar-refractivity contribution is -0.123. The SMILES string of the molecule is COCCNC(=O)C(C)NCCC(O)COC. The zero-order chi connectivity index (χ0) is 13.1. The van der Waals surface area contributed by atoms with Gasteiger partial charge in [0.1, 0.15) is 0 Å². The molecule has 0 aromatic rings. The second kappa shape index (κ2) is 10.5. The van der Waals surface area contributed by atoms with Crippen molar-refractivity contribution in [3.05, 3.63) is 0 Å². The smallest absolute Gasteiger partial charge is 0.236 e. The minimum atomic E-state index is -0.490. The number of rotatable bonds is 10. The van der Waals surface area contributed by atoms with Gasteiger partial charge in [0.2, 0.25) is 5.91 Å². The maximum absolute atomic E-state index is 11.5. The van der Waals surface area contributed by atoms with E-state index in [1.165, 1.54) is 0 Å². The highest BCUT2D eigenvalue weighted by atomic mass is 16.5.